The number of phenols is 1. The SMILES string of the molecule is N#Cc1ccccc1NC1COc2cc(O)ccc21. The van der Waals surface area contributed by atoms with E-state index in [0.29, 0.717) is 17.9 Å². The number of ether oxygens (including phenoxy) is 1. The average Bonchev–Trinajstić information content (AvgIpc) is 2.82. The van der Waals surface area contributed by atoms with E-state index in [1.165, 1.54) is 0 Å². The second-order valence-corrected chi connectivity index (χ2v) is 4.39. The molecule has 4 heteroatoms. The summed E-state index contributed by atoms with van der Waals surface area (Å²) in [6.45, 7) is 0.485. The quantitative estimate of drug-likeness (QED) is 0.862. The molecule has 0 saturated carbocycles. The Labute approximate surface area is 110 Å². The van der Waals surface area contributed by atoms with E-state index in [4.69, 9.17) is 10.00 Å². The van der Waals surface area contributed by atoms with Gasteiger partial charge in [0.25, 0.3) is 0 Å². The number of rotatable bonds is 2. The minimum Gasteiger partial charge on any atom is -0.508 e. The minimum absolute atomic E-state index is 0.00917. The molecule has 0 amide bonds. The molecule has 1 aliphatic rings. The lowest BCUT2D eigenvalue weighted by Gasteiger charge is -2.14. The minimum atomic E-state index is -0.00917. The Morgan fingerprint density at radius 1 is 1.26 bits per heavy atom. The Bertz CT molecular complexity index is 661. The van der Waals surface area contributed by atoms with Gasteiger partial charge in [0.05, 0.1) is 17.3 Å². The number of phenolic OH excluding ortho intramolecular Hbond substituents is 1. The summed E-state index contributed by atoms with van der Waals surface area (Å²) >= 11 is 0. The molecule has 1 unspecified atom stereocenters. The molecular formula is C15H12N2O2. The van der Waals surface area contributed by atoms with Crippen LogP contribution in [0.2, 0.25) is 0 Å². The first-order chi connectivity index (χ1) is 9.28. The zero-order valence-corrected chi connectivity index (χ0v) is 10.1. The summed E-state index contributed by atoms with van der Waals surface area (Å²) in [4.78, 5) is 0. The van der Waals surface area contributed by atoms with Crippen LogP contribution >= 0.6 is 0 Å². The molecule has 0 aromatic heterocycles. The maximum absolute atomic E-state index is 9.41. The number of hydrogen-bond acceptors (Lipinski definition) is 4. The molecule has 0 saturated heterocycles. The number of para-hydroxylation sites is 1. The van der Waals surface area contributed by atoms with Gasteiger partial charge in [0, 0.05) is 11.6 Å². The van der Waals surface area contributed by atoms with Gasteiger partial charge in [-0.15, -0.1) is 0 Å². The predicted molar refractivity (Wildman–Crippen MR) is 71.1 cm³/mol. The van der Waals surface area contributed by atoms with Crippen molar-refractivity contribution >= 4 is 5.69 Å². The van der Waals surface area contributed by atoms with Crippen molar-refractivity contribution in [3.05, 3.63) is 53.6 Å². The topological polar surface area (TPSA) is 65.3 Å². The number of nitrogens with one attached hydrogen (secondary N) is 1. The van der Waals surface area contributed by atoms with Crippen molar-refractivity contribution in [3.8, 4) is 17.6 Å². The maximum atomic E-state index is 9.41. The predicted octanol–water partition coefficient (Wildman–Crippen LogP) is 2.81. The highest BCUT2D eigenvalue weighted by Crippen LogP contribution is 2.37. The lowest BCUT2D eigenvalue weighted by Crippen LogP contribution is -2.12. The van der Waals surface area contributed by atoms with E-state index in [1.54, 1.807) is 18.2 Å². The van der Waals surface area contributed by atoms with Crippen LogP contribution in [0.25, 0.3) is 0 Å². The molecule has 94 valence electrons. The number of nitriles is 1. The summed E-state index contributed by atoms with van der Waals surface area (Å²) in [5, 5.41) is 21.8. The van der Waals surface area contributed by atoms with Gasteiger partial charge in [-0.05, 0) is 24.3 Å². The van der Waals surface area contributed by atoms with E-state index in [9.17, 15) is 5.11 Å². The third-order valence-electron chi connectivity index (χ3n) is 3.16. The fraction of sp³-hybridized carbons (Fsp3) is 0.133. The van der Waals surface area contributed by atoms with E-state index in [-0.39, 0.29) is 11.8 Å². The number of aromatic hydroxyl groups is 1. The Balaban J connectivity index is 1.89. The molecule has 0 aliphatic carbocycles. The van der Waals surface area contributed by atoms with Gasteiger partial charge in [0.15, 0.2) is 0 Å². The Kier molecular flexibility index (Phi) is 2.73. The fourth-order valence-corrected chi connectivity index (χ4v) is 2.21. The highest BCUT2D eigenvalue weighted by molar-refractivity contribution is 5.59. The lowest BCUT2D eigenvalue weighted by atomic mass is 10.1. The molecule has 2 N–H and O–H groups in total. The van der Waals surface area contributed by atoms with Gasteiger partial charge in [-0.25, -0.2) is 0 Å². The van der Waals surface area contributed by atoms with Crippen LogP contribution in [-0.2, 0) is 0 Å². The molecule has 3 rings (SSSR count). The van der Waals surface area contributed by atoms with Crippen molar-refractivity contribution in [2.24, 2.45) is 0 Å². The monoisotopic (exact) mass is 252 g/mol. The van der Waals surface area contributed by atoms with Crippen LogP contribution in [0.3, 0.4) is 0 Å². The molecule has 1 aliphatic heterocycles. The van der Waals surface area contributed by atoms with Crippen LogP contribution in [0.1, 0.15) is 17.2 Å². The molecule has 1 heterocycles. The van der Waals surface area contributed by atoms with Crippen LogP contribution in [0.15, 0.2) is 42.5 Å². The van der Waals surface area contributed by atoms with E-state index in [0.717, 1.165) is 11.3 Å². The molecule has 0 bridgehead atoms. The van der Waals surface area contributed by atoms with E-state index >= 15 is 0 Å². The smallest absolute Gasteiger partial charge is 0.128 e. The normalized spacial score (nSPS) is 16.3. The molecular weight excluding hydrogens is 240 g/mol. The molecule has 0 radical (unpaired) electrons. The largest absolute Gasteiger partial charge is 0.508 e. The third kappa shape index (κ3) is 2.06. The van der Waals surface area contributed by atoms with Crippen molar-refractivity contribution < 1.29 is 9.84 Å². The van der Waals surface area contributed by atoms with Crippen molar-refractivity contribution in [1.29, 1.82) is 5.26 Å². The number of benzene rings is 2. The summed E-state index contributed by atoms with van der Waals surface area (Å²) in [6.07, 6.45) is 0. The molecule has 2 aromatic carbocycles. The summed E-state index contributed by atoms with van der Waals surface area (Å²) in [5.41, 5.74) is 2.39. The average molecular weight is 252 g/mol. The van der Waals surface area contributed by atoms with Crippen molar-refractivity contribution in [1.82, 2.24) is 0 Å². The molecule has 19 heavy (non-hydrogen) atoms. The highest BCUT2D eigenvalue weighted by Gasteiger charge is 2.24. The van der Waals surface area contributed by atoms with Crippen LogP contribution in [0.5, 0.6) is 11.5 Å². The third-order valence-corrected chi connectivity index (χ3v) is 3.16. The van der Waals surface area contributed by atoms with Crippen LogP contribution in [0, 0.1) is 11.3 Å². The Morgan fingerprint density at radius 3 is 2.95 bits per heavy atom. The van der Waals surface area contributed by atoms with Gasteiger partial charge in [-0.3, -0.25) is 0 Å². The molecule has 0 spiro atoms. The summed E-state index contributed by atoms with van der Waals surface area (Å²) < 4.78 is 5.53. The van der Waals surface area contributed by atoms with Crippen LogP contribution in [-0.4, -0.2) is 11.7 Å². The molecule has 4 nitrogen and oxygen atoms in total. The number of fused-ring (bicyclic) bond motifs is 1. The summed E-state index contributed by atoms with van der Waals surface area (Å²) in [7, 11) is 0. The van der Waals surface area contributed by atoms with Crippen molar-refractivity contribution in [3.63, 3.8) is 0 Å². The van der Waals surface area contributed by atoms with Gasteiger partial charge in [0.2, 0.25) is 0 Å². The zero-order chi connectivity index (χ0) is 13.2. The molecule has 0 fully saturated rings. The summed E-state index contributed by atoms with van der Waals surface area (Å²) in [5.74, 6) is 0.878. The highest BCUT2D eigenvalue weighted by atomic mass is 16.5. The van der Waals surface area contributed by atoms with Gasteiger partial charge in [-0.1, -0.05) is 12.1 Å². The second kappa shape index (κ2) is 4.54. The number of nitrogens with zero attached hydrogens (tertiary/aromatic N) is 1. The van der Waals surface area contributed by atoms with Crippen LogP contribution < -0.4 is 10.1 Å². The first-order valence-corrected chi connectivity index (χ1v) is 5.99. The molecule has 2 aromatic rings. The maximum Gasteiger partial charge on any atom is 0.128 e. The zero-order valence-electron chi connectivity index (χ0n) is 10.1. The Morgan fingerprint density at radius 2 is 2.11 bits per heavy atom. The summed E-state index contributed by atoms with van der Waals surface area (Å²) in [6, 6.07) is 14.6. The van der Waals surface area contributed by atoms with E-state index < -0.39 is 0 Å². The standard InChI is InChI=1S/C15H12N2O2/c16-8-10-3-1-2-4-13(10)17-14-9-19-15-7-11(18)5-6-12(14)15/h1-7,14,17-18H,9H2. The Hall–Kier alpha value is -2.67. The van der Waals surface area contributed by atoms with Gasteiger partial charge < -0.3 is 15.2 Å². The first-order valence-electron chi connectivity index (χ1n) is 5.99. The van der Waals surface area contributed by atoms with Gasteiger partial charge in [-0.2, -0.15) is 5.26 Å². The van der Waals surface area contributed by atoms with Crippen molar-refractivity contribution in [2.75, 3.05) is 11.9 Å². The molecule has 1 atom stereocenters. The van der Waals surface area contributed by atoms with Crippen molar-refractivity contribution in [2.45, 2.75) is 6.04 Å². The second-order valence-electron chi connectivity index (χ2n) is 4.39. The van der Waals surface area contributed by atoms with Crippen LogP contribution in [0.4, 0.5) is 5.69 Å². The van der Waals surface area contributed by atoms with Gasteiger partial charge >= 0.3 is 0 Å². The van der Waals surface area contributed by atoms with Gasteiger partial charge in [0.1, 0.15) is 24.2 Å². The van der Waals surface area contributed by atoms with E-state index in [2.05, 4.69) is 11.4 Å². The lowest BCUT2D eigenvalue weighted by molar-refractivity contribution is 0.338. The van der Waals surface area contributed by atoms with E-state index in [1.807, 2.05) is 24.3 Å². The first kappa shape index (κ1) is 11.4. The number of hydrogen-bond donors (Lipinski definition) is 2. The fourth-order valence-electron chi connectivity index (χ4n) is 2.21. The number of anilines is 1.